The second-order valence-electron chi connectivity index (χ2n) is 5.99. The number of carbonyl (C=O) groups is 1. The summed E-state index contributed by atoms with van der Waals surface area (Å²) in [5, 5.41) is 9.17. The predicted molar refractivity (Wildman–Crippen MR) is 97.6 cm³/mol. The lowest BCUT2D eigenvalue weighted by Gasteiger charge is -2.04. The van der Waals surface area contributed by atoms with E-state index in [4.69, 9.17) is 4.52 Å². The summed E-state index contributed by atoms with van der Waals surface area (Å²) in [6.45, 7) is 5.91. The van der Waals surface area contributed by atoms with Crippen molar-refractivity contribution >= 4 is 22.4 Å². The van der Waals surface area contributed by atoms with Crippen LogP contribution in [0.1, 0.15) is 35.7 Å². The number of amides is 1. The summed E-state index contributed by atoms with van der Waals surface area (Å²) in [6.07, 6.45) is 1.64. The predicted octanol–water partition coefficient (Wildman–Crippen LogP) is 4.08. The molecule has 130 valence electrons. The van der Waals surface area contributed by atoms with E-state index in [1.165, 1.54) is 22.5 Å². The third-order valence-electron chi connectivity index (χ3n) is 3.77. The summed E-state index contributed by atoms with van der Waals surface area (Å²) < 4.78 is 5.03. The molecule has 1 amide bonds. The monoisotopic (exact) mass is 356 g/mol. The number of aromatic nitrogens is 3. The van der Waals surface area contributed by atoms with Crippen molar-refractivity contribution in [1.29, 1.82) is 0 Å². The van der Waals surface area contributed by atoms with Crippen LogP contribution in [0.2, 0.25) is 0 Å². The minimum Gasteiger partial charge on any atom is -0.339 e. The lowest BCUT2D eigenvalue weighted by atomic mass is 10.0. The molecule has 3 aromatic rings. The first-order chi connectivity index (χ1) is 12.0. The first kappa shape index (κ1) is 17.3. The molecule has 0 saturated heterocycles. The van der Waals surface area contributed by atoms with E-state index in [9.17, 15) is 4.79 Å². The minimum absolute atomic E-state index is 0.0576. The van der Waals surface area contributed by atoms with Crippen LogP contribution in [-0.4, -0.2) is 21.0 Å². The molecule has 0 radical (unpaired) electrons. The third kappa shape index (κ3) is 4.51. The molecule has 3 rings (SSSR count). The van der Waals surface area contributed by atoms with E-state index in [2.05, 4.69) is 52.5 Å². The van der Waals surface area contributed by atoms with Gasteiger partial charge in [-0.1, -0.05) is 28.9 Å². The fourth-order valence-corrected chi connectivity index (χ4v) is 3.31. The van der Waals surface area contributed by atoms with Crippen LogP contribution in [0.5, 0.6) is 0 Å². The van der Waals surface area contributed by atoms with Gasteiger partial charge in [-0.25, -0.2) is 4.98 Å². The number of nitrogens with one attached hydrogen (secondary N) is 1. The average Bonchev–Trinajstić information content (AvgIpc) is 3.16. The Morgan fingerprint density at radius 1 is 1.24 bits per heavy atom. The zero-order valence-electron chi connectivity index (χ0n) is 14.5. The molecule has 7 heteroatoms. The number of anilines is 1. The van der Waals surface area contributed by atoms with E-state index in [1.54, 1.807) is 6.92 Å². The van der Waals surface area contributed by atoms with Gasteiger partial charge in [0.15, 0.2) is 11.0 Å². The van der Waals surface area contributed by atoms with Crippen LogP contribution >= 0.6 is 11.3 Å². The SMILES string of the molecule is Cc1ccc(-c2csc(NC(=O)CCCc3nc(C)no3)n2)c(C)c1. The quantitative estimate of drug-likeness (QED) is 0.720. The van der Waals surface area contributed by atoms with Crippen molar-refractivity contribution in [3.63, 3.8) is 0 Å². The van der Waals surface area contributed by atoms with Crippen molar-refractivity contribution in [2.45, 2.75) is 40.0 Å². The van der Waals surface area contributed by atoms with Gasteiger partial charge in [0, 0.05) is 23.8 Å². The molecule has 2 heterocycles. The number of carbonyl (C=O) groups excluding carboxylic acids is 1. The second-order valence-corrected chi connectivity index (χ2v) is 6.85. The Bertz CT molecular complexity index is 885. The summed E-state index contributed by atoms with van der Waals surface area (Å²) in [5.74, 6) is 1.12. The van der Waals surface area contributed by atoms with Crippen molar-refractivity contribution in [2.24, 2.45) is 0 Å². The van der Waals surface area contributed by atoms with E-state index in [1.807, 2.05) is 5.38 Å². The summed E-state index contributed by atoms with van der Waals surface area (Å²) >= 11 is 1.43. The van der Waals surface area contributed by atoms with E-state index in [-0.39, 0.29) is 5.91 Å². The molecule has 0 bridgehead atoms. The molecular formula is C18H20N4O2S. The molecule has 0 fully saturated rings. The van der Waals surface area contributed by atoms with Gasteiger partial charge >= 0.3 is 0 Å². The lowest BCUT2D eigenvalue weighted by molar-refractivity contribution is -0.116. The number of benzene rings is 1. The number of hydrogen-bond donors (Lipinski definition) is 1. The molecular weight excluding hydrogens is 336 g/mol. The highest BCUT2D eigenvalue weighted by Gasteiger charge is 2.10. The Balaban J connectivity index is 1.54. The van der Waals surface area contributed by atoms with Gasteiger partial charge in [-0.2, -0.15) is 4.98 Å². The Morgan fingerprint density at radius 3 is 2.80 bits per heavy atom. The molecule has 0 atom stereocenters. The molecule has 0 aliphatic heterocycles. The molecule has 25 heavy (non-hydrogen) atoms. The first-order valence-electron chi connectivity index (χ1n) is 8.13. The summed E-state index contributed by atoms with van der Waals surface area (Å²) in [7, 11) is 0. The number of nitrogens with zero attached hydrogens (tertiary/aromatic N) is 3. The highest BCUT2D eigenvalue weighted by atomic mass is 32.1. The first-order valence-corrected chi connectivity index (χ1v) is 9.01. The zero-order chi connectivity index (χ0) is 17.8. The van der Waals surface area contributed by atoms with Crippen LogP contribution in [0.4, 0.5) is 5.13 Å². The molecule has 0 unspecified atom stereocenters. The Hall–Kier alpha value is -2.54. The molecule has 0 saturated carbocycles. The highest BCUT2D eigenvalue weighted by molar-refractivity contribution is 7.14. The maximum absolute atomic E-state index is 12.1. The van der Waals surface area contributed by atoms with Gasteiger partial charge in [0.25, 0.3) is 0 Å². The minimum atomic E-state index is -0.0576. The molecule has 6 nitrogen and oxygen atoms in total. The molecule has 1 N–H and O–H groups in total. The number of rotatable bonds is 6. The fourth-order valence-electron chi connectivity index (χ4n) is 2.58. The zero-order valence-corrected chi connectivity index (χ0v) is 15.3. The molecule has 0 aliphatic rings. The van der Waals surface area contributed by atoms with Crippen molar-refractivity contribution < 1.29 is 9.32 Å². The lowest BCUT2D eigenvalue weighted by Crippen LogP contribution is -2.11. The van der Waals surface area contributed by atoms with Gasteiger partial charge in [-0.05, 0) is 32.8 Å². The van der Waals surface area contributed by atoms with Crippen molar-refractivity contribution in [3.05, 3.63) is 46.4 Å². The van der Waals surface area contributed by atoms with Gasteiger partial charge in [0.05, 0.1) is 5.69 Å². The maximum Gasteiger partial charge on any atom is 0.226 e. The van der Waals surface area contributed by atoms with Crippen LogP contribution in [0.15, 0.2) is 28.1 Å². The topological polar surface area (TPSA) is 80.9 Å². The summed E-state index contributed by atoms with van der Waals surface area (Å²) in [6, 6.07) is 6.27. The van der Waals surface area contributed by atoms with Crippen molar-refractivity contribution in [1.82, 2.24) is 15.1 Å². The van der Waals surface area contributed by atoms with Gasteiger partial charge in [0.1, 0.15) is 0 Å². The van der Waals surface area contributed by atoms with Crippen LogP contribution in [0.3, 0.4) is 0 Å². The van der Waals surface area contributed by atoms with E-state index in [0.29, 0.717) is 36.1 Å². The molecule has 0 spiro atoms. The van der Waals surface area contributed by atoms with Crippen LogP contribution in [0, 0.1) is 20.8 Å². The number of thiazole rings is 1. The van der Waals surface area contributed by atoms with E-state index < -0.39 is 0 Å². The Kier molecular flexibility index (Phi) is 5.23. The largest absolute Gasteiger partial charge is 0.339 e. The number of aryl methyl sites for hydroxylation is 4. The highest BCUT2D eigenvalue weighted by Crippen LogP contribution is 2.28. The summed E-state index contributed by atoms with van der Waals surface area (Å²) in [5.41, 5.74) is 4.38. The van der Waals surface area contributed by atoms with Crippen molar-refractivity contribution in [2.75, 3.05) is 5.32 Å². The van der Waals surface area contributed by atoms with Gasteiger partial charge in [-0.15, -0.1) is 11.3 Å². The Morgan fingerprint density at radius 2 is 2.08 bits per heavy atom. The molecule has 2 aromatic heterocycles. The van der Waals surface area contributed by atoms with Gasteiger partial charge in [0.2, 0.25) is 11.8 Å². The van der Waals surface area contributed by atoms with Gasteiger partial charge in [-0.3, -0.25) is 4.79 Å². The molecule has 1 aromatic carbocycles. The average molecular weight is 356 g/mol. The van der Waals surface area contributed by atoms with E-state index in [0.717, 1.165) is 11.3 Å². The normalized spacial score (nSPS) is 10.8. The second kappa shape index (κ2) is 7.57. The number of hydrogen-bond acceptors (Lipinski definition) is 6. The van der Waals surface area contributed by atoms with E-state index >= 15 is 0 Å². The fraction of sp³-hybridized carbons (Fsp3) is 0.333. The smallest absolute Gasteiger partial charge is 0.226 e. The summed E-state index contributed by atoms with van der Waals surface area (Å²) in [4.78, 5) is 20.7. The molecule has 0 aliphatic carbocycles. The van der Waals surface area contributed by atoms with Gasteiger partial charge < -0.3 is 9.84 Å². The van der Waals surface area contributed by atoms with Crippen LogP contribution < -0.4 is 5.32 Å². The van der Waals surface area contributed by atoms with Crippen molar-refractivity contribution in [3.8, 4) is 11.3 Å². The Labute approximate surface area is 150 Å². The standard InChI is InChI=1S/C18H20N4O2S/c1-11-7-8-14(12(2)9-11)15-10-25-18(20-15)21-16(23)5-4-6-17-19-13(3)22-24-17/h7-10H,4-6H2,1-3H3,(H,20,21,23). The van der Waals surface area contributed by atoms with Crippen LogP contribution in [-0.2, 0) is 11.2 Å². The third-order valence-corrected chi connectivity index (χ3v) is 4.53. The maximum atomic E-state index is 12.1. The van der Waals surface area contributed by atoms with Crippen LogP contribution in [0.25, 0.3) is 11.3 Å².